The Morgan fingerprint density at radius 2 is 2.24 bits per heavy atom. The topological polar surface area (TPSA) is 80.1 Å². The molecule has 8 heteroatoms. The van der Waals surface area contributed by atoms with E-state index in [0.717, 1.165) is 24.4 Å². The Morgan fingerprint density at radius 1 is 1.36 bits per heavy atom. The van der Waals surface area contributed by atoms with Crippen molar-refractivity contribution in [3.05, 3.63) is 53.4 Å². The molecule has 4 rings (SSSR count). The van der Waals surface area contributed by atoms with Crippen LogP contribution in [0.5, 0.6) is 0 Å². The van der Waals surface area contributed by atoms with Gasteiger partial charge in [0.25, 0.3) is 0 Å². The van der Waals surface area contributed by atoms with Gasteiger partial charge in [0.05, 0.1) is 29.3 Å². The number of benzene rings is 1. The predicted molar refractivity (Wildman–Crippen MR) is 91.9 cm³/mol. The number of hydrogen-bond acceptors (Lipinski definition) is 6. The standard InChI is InChI=1S/C17H18ClN5O2/c1-24-11-8-14(16-19-6-7-20-16)23(9-11)10-15-21-22-17(25-15)12-4-2-3-5-13(12)18/h2-7,11,14H,8-10H2,1H3,(H,19,20)/t11-,14?/m1/s1. The van der Waals surface area contributed by atoms with Crippen molar-refractivity contribution in [1.82, 2.24) is 25.1 Å². The number of halogens is 1. The van der Waals surface area contributed by atoms with E-state index in [2.05, 4.69) is 25.1 Å². The van der Waals surface area contributed by atoms with E-state index in [9.17, 15) is 0 Å². The fourth-order valence-corrected chi connectivity index (χ4v) is 3.40. The lowest BCUT2D eigenvalue weighted by Gasteiger charge is -2.20. The number of likely N-dealkylation sites (tertiary alicyclic amines) is 1. The summed E-state index contributed by atoms with van der Waals surface area (Å²) in [5, 5.41) is 8.90. The van der Waals surface area contributed by atoms with Gasteiger partial charge in [-0.25, -0.2) is 4.98 Å². The van der Waals surface area contributed by atoms with Crippen molar-refractivity contribution in [2.24, 2.45) is 0 Å². The van der Waals surface area contributed by atoms with Crippen molar-refractivity contribution in [2.45, 2.75) is 25.1 Å². The lowest BCUT2D eigenvalue weighted by Crippen LogP contribution is -2.25. The molecule has 7 nitrogen and oxygen atoms in total. The molecule has 2 atom stereocenters. The highest BCUT2D eigenvalue weighted by molar-refractivity contribution is 6.33. The van der Waals surface area contributed by atoms with Gasteiger partial charge in [0, 0.05) is 26.0 Å². The van der Waals surface area contributed by atoms with Crippen molar-refractivity contribution in [3.63, 3.8) is 0 Å². The molecule has 1 aromatic carbocycles. The Hall–Kier alpha value is -2.22. The van der Waals surface area contributed by atoms with E-state index < -0.39 is 0 Å². The molecule has 1 aliphatic rings. The summed E-state index contributed by atoms with van der Waals surface area (Å²) in [5.41, 5.74) is 0.738. The maximum atomic E-state index is 6.20. The summed E-state index contributed by atoms with van der Waals surface area (Å²) in [6.45, 7) is 1.31. The molecule has 1 unspecified atom stereocenters. The van der Waals surface area contributed by atoms with Gasteiger partial charge >= 0.3 is 0 Å². The minimum Gasteiger partial charge on any atom is -0.419 e. The van der Waals surface area contributed by atoms with Crippen LogP contribution in [0.3, 0.4) is 0 Å². The highest BCUT2D eigenvalue weighted by atomic mass is 35.5. The zero-order valence-electron chi connectivity index (χ0n) is 13.7. The molecule has 1 saturated heterocycles. The zero-order valence-corrected chi connectivity index (χ0v) is 14.5. The molecule has 0 bridgehead atoms. The highest BCUT2D eigenvalue weighted by Gasteiger charge is 2.35. The number of rotatable bonds is 5. The maximum absolute atomic E-state index is 6.20. The van der Waals surface area contributed by atoms with Crippen molar-refractivity contribution in [1.29, 1.82) is 0 Å². The average molecular weight is 360 g/mol. The van der Waals surface area contributed by atoms with Crippen molar-refractivity contribution >= 4 is 11.6 Å². The Morgan fingerprint density at radius 3 is 3.00 bits per heavy atom. The van der Waals surface area contributed by atoms with Gasteiger partial charge in [-0.15, -0.1) is 10.2 Å². The molecule has 1 N–H and O–H groups in total. The molecule has 0 amide bonds. The first-order valence-corrected chi connectivity index (χ1v) is 8.46. The van der Waals surface area contributed by atoms with Crippen molar-refractivity contribution in [3.8, 4) is 11.5 Å². The first-order valence-electron chi connectivity index (χ1n) is 8.08. The van der Waals surface area contributed by atoms with Crippen LogP contribution < -0.4 is 0 Å². The minimum atomic E-state index is 0.135. The van der Waals surface area contributed by atoms with Crippen LogP contribution in [0.4, 0.5) is 0 Å². The van der Waals surface area contributed by atoms with Gasteiger partial charge in [0.15, 0.2) is 0 Å². The third-order valence-electron chi connectivity index (χ3n) is 4.44. The Bertz CT molecular complexity index is 835. The molecule has 0 spiro atoms. The molecule has 1 fully saturated rings. The maximum Gasteiger partial charge on any atom is 0.249 e. The summed E-state index contributed by atoms with van der Waals surface area (Å²) >= 11 is 6.20. The highest BCUT2D eigenvalue weighted by Crippen LogP contribution is 2.33. The summed E-state index contributed by atoms with van der Waals surface area (Å²) in [6.07, 6.45) is 4.61. The van der Waals surface area contributed by atoms with E-state index in [1.54, 1.807) is 19.4 Å². The Balaban J connectivity index is 1.54. The SMILES string of the molecule is CO[C@@H]1CC(c2ncc[nH]2)N(Cc2nnc(-c3ccccc3Cl)o2)C1. The van der Waals surface area contributed by atoms with Gasteiger partial charge in [0.1, 0.15) is 5.82 Å². The molecule has 130 valence electrons. The first-order chi connectivity index (χ1) is 12.2. The second-order valence-electron chi connectivity index (χ2n) is 5.99. The number of aromatic nitrogens is 4. The number of hydrogen-bond donors (Lipinski definition) is 1. The number of nitrogens with one attached hydrogen (secondary N) is 1. The van der Waals surface area contributed by atoms with E-state index >= 15 is 0 Å². The van der Waals surface area contributed by atoms with Gasteiger partial charge in [-0.3, -0.25) is 4.90 Å². The van der Waals surface area contributed by atoms with E-state index in [4.69, 9.17) is 20.8 Å². The largest absolute Gasteiger partial charge is 0.419 e. The normalized spacial score (nSPS) is 21.0. The third kappa shape index (κ3) is 3.30. The lowest BCUT2D eigenvalue weighted by molar-refractivity contribution is 0.106. The summed E-state index contributed by atoms with van der Waals surface area (Å²) in [5.74, 6) is 1.89. The fourth-order valence-electron chi connectivity index (χ4n) is 3.19. The fraction of sp³-hybridized carbons (Fsp3) is 0.353. The molecule has 25 heavy (non-hydrogen) atoms. The molecular weight excluding hydrogens is 342 g/mol. The van der Waals surface area contributed by atoms with E-state index in [0.29, 0.717) is 23.3 Å². The van der Waals surface area contributed by atoms with Crippen LogP contribution in [-0.4, -0.2) is 44.8 Å². The Labute approximate surface area is 150 Å². The van der Waals surface area contributed by atoms with Crippen LogP contribution >= 0.6 is 11.6 Å². The monoisotopic (exact) mass is 359 g/mol. The molecule has 3 aromatic rings. The second kappa shape index (κ2) is 6.95. The van der Waals surface area contributed by atoms with E-state index in [1.165, 1.54) is 0 Å². The molecular formula is C17H18ClN5O2. The number of imidazole rings is 1. The summed E-state index contributed by atoms with van der Waals surface area (Å²) in [4.78, 5) is 9.80. The van der Waals surface area contributed by atoms with E-state index in [-0.39, 0.29) is 12.1 Å². The van der Waals surface area contributed by atoms with Gasteiger partial charge in [0.2, 0.25) is 11.8 Å². The minimum absolute atomic E-state index is 0.135. The number of nitrogens with zero attached hydrogens (tertiary/aromatic N) is 4. The first kappa shape index (κ1) is 16.3. The van der Waals surface area contributed by atoms with Gasteiger partial charge in [-0.05, 0) is 18.6 Å². The number of H-pyrrole nitrogens is 1. The van der Waals surface area contributed by atoms with Gasteiger partial charge in [-0.1, -0.05) is 23.7 Å². The quantitative estimate of drug-likeness (QED) is 0.754. The molecule has 0 radical (unpaired) electrons. The lowest BCUT2D eigenvalue weighted by atomic mass is 10.2. The van der Waals surface area contributed by atoms with Crippen LogP contribution in [0.1, 0.15) is 24.2 Å². The number of methoxy groups -OCH3 is 1. The van der Waals surface area contributed by atoms with Crippen LogP contribution in [0.25, 0.3) is 11.5 Å². The van der Waals surface area contributed by atoms with Gasteiger partial charge < -0.3 is 14.1 Å². The van der Waals surface area contributed by atoms with Crippen LogP contribution in [0, 0.1) is 0 Å². The summed E-state index contributed by atoms with van der Waals surface area (Å²) in [7, 11) is 1.73. The van der Waals surface area contributed by atoms with Crippen molar-refractivity contribution < 1.29 is 9.15 Å². The molecule has 2 aromatic heterocycles. The number of ether oxygens (including phenoxy) is 1. The molecule has 3 heterocycles. The zero-order chi connectivity index (χ0) is 17.2. The molecule has 1 aliphatic heterocycles. The van der Waals surface area contributed by atoms with E-state index in [1.807, 2.05) is 24.4 Å². The molecule has 0 aliphatic carbocycles. The second-order valence-corrected chi connectivity index (χ2v) is 6.40. The summed E-state index contributed by atoms with van der Waals surface area (Å²) < 4.78 is 11.4. The molecule has 0 saturated carbocycles. The van der Waals surface area contributed by atoms with Crippen LogP contribution in [0.2, 0.25) is 5.02 Å². The summed E-state index contributed by atoms with van der Waals surface area (Å²) in [6, 6.07) is 7.56. The van der Waals surface area contributed by atoms with Crippen molar-refractivity contribution in [2.75, 3.05) is 13.7 Å². The number of aromatic amines is 1. The average Bonchev–Trinajstić information content (AvgIpc) is 3.36. The Kier molecular flexibility index (Phi) is 4.52. The van der Waals surface area contributed by atoms with Gasteiger partial charge in [-0.2, -0.15) is 0 Å². The smallest absolute Gasteiger partial charge is 0.249 e. The predicted octanol–water partition coefficient (Wildman–Crippen LogP) is 3.08. The van der Waals surface area contributed by atoms with Crippen LogP contribution in [-0.2, 0) is 11.3 Å². The third-order valence-corrected chi connectivity index (χ3v) is 4.77. The van der Waals surface area contributed by atoms with Crippen LogP contribution in [0.15, 0.2) is 41.1 Å².